The fraction of sp³-hybridized carbons (Fsp3) is 0.333. The van der Waals surface area contributed by atoms with E-state index in [9.17, 15) is 0 Å². The Hall–Kier alpha value is -1.35. The maximum atomic E-state index is 6.18. The molecule has 0 bridgehead atoms. The highest BCUT2D eigenvalue weighted by atomic mass is 35.5. The van der Waals surface area contributed by atoms with Crippen LogP contribution in [0.3, 0.4) is 0 Å². The number of halogens is 1. The van der Waals surface area contributed by atoms with Crippen molar-refractivity contribution in [3.63, 3.8) is 0 Å². The van der Waals surface area contributed by atoms with E-state index in [1.54, 1.807) is 0 Å². The van der Waals surface area contributed by atoms with Gasteiger partial charge in [-0.3, -0.25) is 5.84 Å². The first kappa shape index (κ1) is 14.6. The summed E-state index contributed by atoms with van der Waals surface area (Å²) in [5.41, 5.74) is 8.03. The number of nitrogens with two attached hydrogens (primary N) is 1. The lowest BCUT2D eigenvalue weighted by Gasteiger charge is -2.31. The second kappa shape index (κ2) is 6.18. The Labute approximate surface area is 131 Å². The number of hydrogen-bond donors (Lipinski definition) is 2. The molecule has 1 aliphatic carbocycles. The van der Waals surface area contributed by atoms with Crippen molar-refractivity contribution in [2.24, 2.45) is 5.84 Å². The predicted molar refractivity (Wildman–Crippen MR) is 88.4 cm³/mol. The monoisotopic (exact) mass is 300 g/mol. The zero-order valence-corrected chi connectivity index (χ0v) is 13.0. The van der Waals surface area contributed by atoms with Gasteiger partial charge in [0.1, 0.15) is 0 Å². The zero-order chi connectivity index (χ0) is 14.8. The minimum absolute atomic E-state index is 0.0134. The summed E-state index contributed by atoms with van der Waals surface area (Å²) in [6, 6.07) is 14.6. The Kier molecular flexibility index (Phi) is 4.29. The minimum Gasteiger partial charge on any atom is -0.271 e. The normalized spacial score (nSPS) is 16.5. The molecule has 1 unspecified atom stereocenters. The van der Waals surface area contributed by atoms with Gasteiger partial charge in [0.05, 0.1) is 6.04 Å². The van der Waals surface area contributed by atoms with Crippen LogP contribution in [-0.2, 0) is 0 Å². The Balaban J connectivity index is 2.06. The summed E-state index contributed by atoms with van der Waals surface area (Å²) in [6.07, 6.45) is 3.89. The lowest BCUT2D eigenvalue weighted by atomic mass is 9.76. The van der Waals surface area contributed by atoms with Crippen molar-refractivity contribution in [2.75, 3.05) is 0 Å². The first-order valence-electron chi connectivity index (χ1n) is 7.51. The van der Waals surface area contributed by atoms with Gasteiger partial charge in [-0.05, 0) is 60.1 Å². The van der Waals surface area contributed by atoms with E-state index in [1.165, 1.54) is 36.0 Å². The van der Waals surface area contributed by atoms with Gasteiger partial charge in [0.2, 0.25) is 0 Å². The summed E-state index contributed by atoms with van der Waals surface area (Å²) in [5, 5.41) is 0.747. The van der Waals surface area contributed by atoms with Crippen LogP contribution >= 0.6 is 11.6 Å². The molecule has 3 heteroatoms. The lowest BCUT2D eigenvalue weighted by Crippen LogP contribution is -2.31. The molecular formula is C18H21ClN2. The van der Waals surface area contributed by atoms with Gasteiger partial charge in [0, 0.05) is 5.02 Å². The molecule has 0 heterocycles. The lowest BCUT2D eigenvalue weighted by molar-refractivity contribution is 0.414. The third-order valence-corrected chi connectivity index (χ3v) is 4.81. The number of aryl methyl sites for hydroxylation is 1. The second-order valence-electron chi connectivity index (χ2n) is 5.86. The molecule has 0 aliphatic heterocycles. The zero-order valence-electron chi connectivity index (χ0n) is 12.3. The Morgan fingerprint density at radius 3 is 2.57 bits per heavy atom. The van der Waals surface area contributed by atoms with Crippen molar-refractivity contribution in [1.29, 1.82) is 0 Å². The standard InChI is InChI=1S/C18H21ClN2/c1-12-9-10-14(19)11-17(12)18(21-20)16-8-3-2-7-15(16)13-5-4-6-13/h2-3,7-11,13,18,21H,4-6,20H2,1H3. The quantitative estimate of drug-likeness (QED) is 0.646. The fourth-order valence-electron chi connectivity index (χ4n) is 3.13. The van der Waals surface area contributed by atoms with Gasteiger partial charge in [-0.15, -0.1) is 0 Å². The highest BCUT2D eigenvalue weighted by Gasteiger charge is 2.25. The van der Waals surface area contributed by atoms with E-state index in [0.717, 1.165) is 10.6 Å². The van der Waals surface area contributed by atoms with Crippen LogP contribution < -0.4 is 11.3 Å². The molecule has 0 amide bonds. The molecule has 1 aliphatic rings. The molecule has 0 radical (unpaired) electrons. The Morgan fingerprint density at radius 1 is 1.14 bits per heavy atom. The third-order valence-electron chi connectivity index (χ3n) is 4.57. The average Bonchev–Trinajstić information content (AvgIpc) is 2.43. The Bertz CT molecular complexity index is 635. The van der Waals surface area contributed by atoms with Gasteiger partial charge in [-0.1, -0.05) is 48.4 Å². The number of nitrogens with one attached hydrogen (secondary N) is 1. The molecule has 1 atom stereocenters. The largest absolute Gasteiger partial charge is 0.271 e. The third kappa shape index (κ3) is 2.84. The second-order valence-corrected chi connectivity index (χ2v) is 6.29. The molecule has 2 nitrogen and oxygen atoms in total. The highest BCUT2D eigenvalue weighted by molar-refractivity contribution is 6.30. The van der Waals surface area contributed by atoms with Crippen molar-refractivity contribution in [3.05, 3.63) is 69.7 Å². The van der Waals surface area contributed by atoms with Crippen LogP contribution in [0.4, 0.5) is 0 Å². The maximum absolute atomic E-state index is 6.18. The first-order valence-corrected chi connectivity index (χ1v) is 7.89. The van der Waals surface area contributed by atoms with Crippen LogP contribution in [0.5, 0.6) is 0 Å². The van der Waals surface area contributed by atoms with Gasteiger partial charge in [0.25, 0.3) is 0 Å². The Morgan fingerprint density at radius 2 is 1.90 bits per heavy atom. The molecular weight excluding hydrogens is 280 g/mol. The molecule has 21 heavy (non-hydrogen) atoms. The van der Waals surface area contributed by atoms with Crippen LogP contribution in [0.15, 0.2) is 42.5 Å². The van der Waals surface area contributed by atoms with E-state index in [1.807, 2.05) is 18.2 Å². The molecule has 2 aromatic carbocycles. The van der Waals surface area contributed by atoms with Gasteiger partial charge in [0.15, 0.2) is 0 Å². The predicted octanol–water partition coefficient (Wildman–Crippen LogP) is 4.47. The number of hydrazine groups is 1. The number of hydrogen-bond acceptors (Lipinski definition) is 2. The smallest absolute Gasteiger partial charge is 0.0715 e. The fourth-order valence-corrected chi connectivity index (χ4v) is 3.31. The molecule has 1 fully saturated rings. The van der Waals surface area contributed by atoms with Gasteiger partial charge < -0.3 is 0 Å². The van der Waals surface area contributed by atoms with Crippen LogP contribution in [0.1, 0.15) is 53.5 Å². The van der Waals surface area contributed by atoms with E-state index in [4.69, 9.17) is 17.4 Å². The molecule has 1 saturated carbocycles. The highest BCUT2D eigenvalue weighted by Crippen LogP contribution is 2.40. The van der Waals surface area contributed by atoms with Gasteiger partial charge in [-0.2, -0.15) is 0 Å². The summed E-state index contributed by atoms with van der Waals surface area (Å²) in [5.74, 6) is 6.57. The molecule has 3 N–H and O–H groups in total. The summed E-state index contributed by atoms with van der Waals surface area (Å²) in [4.78, 5) is 0. The van der Waals surface area contributed by atoms with E-state index in [2.05, 4.69) is 36.6 Å². The van der Waals surface area contributed by atoms with Crippen LogP contribution in [0.25, 0.3) is 0 Å². The van der Waals surface area contributed by atoms with Crippen LogP contribution in [0.2, 0.25) is 5.02 Å². The summed E-state index contributed by atoms with van der Waals surface area (Å²) in [6.45, 7) is 2.10. The maximum Gasteiger partial charge on any atom is 0.0715 e. The average molecular weight is 301 g/mol. The summed E-state index contributed by atoms with van der Waals surface area (Å²) in [7, 11) is 0. The van der Waals surface area contributed by atoms with E-state index in [0.29, 0.717) is 5.92 Å². The van der Waals surface area contributed by atoms with Crippen LogP contribution in [-0.4, -0.2) is 0 Å². The summed E-state index contributed by atoms with van der Waals surface area (Å²) >= 11 is 6.18. The van der Waals surface area contributed by atoms with Crippen molar-refractivity contribution < 1.29 is 0 Å². The van der Waals surface area contributed by atoms with Gasteiger partial charge >= 0.3 is 0 Å². The molecule has 110 valence electrons. The van der Waals surface area contributed by atoms with Crippen LogP contribution in [0, 0.1) is 6.92 Å². The SMILES string of the molecule is Cc1ccc(Cl)cc1C(NN)c1ccccc1C1CCC1. The van der Waals surface area contributed by atoms with Crippen molar-refractivity contribution in [1.82, 2.24) is 5.43 Å². The topological polar surface area (TPSA) is 38.0 Å². The summed E-state index contributed by atoms with van der Waals surface area (Å²) < 4.78 is 0. The molecule has 0 spiro atoms. The molecule has 0 aromatic heterocycles. The molecule has 3 rings (SSSR count). The van der Waals surface area contributed by atoms with Gasteiger partial charge in [-0.25, -0.2) is 5.43 Å². The number of rotatable bonds is 4. The first-order chi connectivity index (χ1) is 10.2. The van der Waals surface area contributed by atoms with Crippen molar-refractivity contribution in [2.45, 2.75) is 38.1 Å². The van der Waals surface area contributed by atoms with Crippen molar-refractivity contribution in [3.8, 4) is 0 Å². The molecule has 0 saturated heterocycles. The van der Waals surface area contributed by atoms with E-state index < -0.39 is 0 Å². The number of benzene rings is 2. The van der Waals surface area contributed by atoms with Crippen molar-refractivity contribution >= 4 is 11.6 Å². The van der Waals surface area contributed by atoms with E-state index in [-0.39, 0.29) is 6.04 Å². The molecule has 2 aromatic rings. The minimum atomic E-state index is -0.0134. The van der Waals surface area contributed by atoms with E-state index >= 15 is 0 Å².